The second-order valence-corrected chi connectivity index (χ2v) is 5.90. The Bertz CT molecular complexity index is 853. The lowest BCUT2D eigenvalue weighted by Crippen LogP contribution is -2.44. The van der Waals surface area contributed by atoms with E-state index in [1.807, 2.05) is 18.4 Å². The fourth-order valence-corrected chi connectivity index (χ4v) is 3.26. The zero-order valence-electron chi connectivity index (χ0n) is 14.0. The maximum atomic E-state index is 12.5. The zero-order chi connectivity index (χ0) is 17.3. The van der Waals surface area contributed by atoms with Gasteiger partial charge in [-0.1, -0.05) is 0 Å². The standard InChI is InChI=1S/C15H23N7O2/c1-3-20(4-2)14(16)22-13-11(12(23)19-15(22)24)18-9-21(13)10-5-7-17-8-6-10/h9-10,16-17H,3-8H2,1-2H3,(H,19,23,24). The Labute approximate surface area is 138 Å². The lowest BCUT2D eigenvalue weighted by atomic mass is 10.1. The number of hydrogen-bond acceptors (Lipinski definition) is 5. The first-order valence-corrected chi connectivity index (χ1v) is 8.34. The van der Waals surface area contributed by atoms with Gasteiger partial charge in [0.25, 0.3) is 5.56 Å². The van der Waals surface area contributed by atoms with Crippen molar-refractivity contribution in [1.82, 2.24) is 29.3 Å². The van der Waals surface area contributed by atoms with E-state index in [0.717, 1.165) is 25.9 Å². The highest BCUT2D eigenvalue weighted by Crippen LogP contribution is 2.22. The van der Waals surface area contributed by atoms with Crippen molar-refractivity contribution >= 4 is 17.1 Å². The van der Waals surface area contributed by atoms with Gasteiger partial charge in [-0.25, -0.2) is 14.3 Å². The summed E-state index contributed by atoms with van der Waals surface area (Å²) < 4.78 is 3.14. The van der Waals surface area contributed by atoms with Gasteiger partial charge in [0.15, 0.2) is 11.2 Å². The van der Waals surface area contributed by atoms with Crippen LogP contribution in [0.1, 0.15) is 32.7 Å². The van der Waals surface area contributed by atoms with E-state index in [9.17, 15) is 9.59 Å². The predicted octanol–water partition coefficient (Wildman–Crippen LogP) is -0.0645. The minimum absolute atomic E-state index is 0.0573. The third kappa shape index (κ3) is 2.64. The normalized spacial score (nSPS) is 15.8. The summed E-state index contributed by atoms with van der Waals surface area (Å²) in [4.78, 5) is 32.8. The van der Waals surface area contributed by atoms with Crippen LogP contribution in [0, 0.1) is 5.41 Å². The minimum Gasteiger partial charge on any atom is -0.343 e. The molecule has 3 heterocycles. The molecule has 1 saturated heterocycles. The maximum absolute atomic E-state index is 12.5. The molecule has 24 heavy (non-hydrogen) atoms. The van der Waals surface area contributed by atoms with E-state index in [0.29, 0.717) is 18.7 Å². The van der Waals surface area contributed by atoms with Crippen LogP contribution in [0.4, 0.5) is 0 Å². The number of hydrogen-bond donors (Lipinski definition) is 3. The molecular weight excluding hydrogens is 310 g/mol. The number of imidazole rings is 1. The third-order valence-electron chi connectivity index (χ3n) is 4.59. The third-order valence-corrected chi connectivity index (χ3v) is 4.59. The zero-order valence-corrected chi connectivity index (χ0v) is 14.0. The first-order chi connectivity index (χ1) is 11.6. The van der Waals surface area contributed by atoms with Gasteiger partial charge in [0.2, 0.25) is 5.96 Å². The van der Waals surface area contributed by atoms with Crippen molar-refractivity contribution < 1.29 is 0 Å². The Balaban J connectivity index is 2.23. The number of H-pyrrole nitrogens is 1. The van der Waals surface area contributed by atoms with E-state index < -0.39 is 11.2 Å². The number of rotatable bonds is 3. The second-order valence-electron chi connectivity index (χ2n) is 5.90. The Kier molecular flexibility index (Phi) is 4.52. The van der Waals surface area contributed by atoms with Crippen molar-refractivity contribution in [2.24, 2.45) is 0 Å². The molecule has 130 valence electrons. The van der Waals surface area contributed by atoms with Gasteiger partial charge in [0, 0.05) is 19.1 Å². The summed E-state index contributed by atoms with van der Waals surface area (Å²) in [5.41, 5.74) is -0.496. The SMILES string of the molecule is CCN(CC)C(=N)n1c(=O)[nH]c(=O)c2ncn(C3CCNCC3)c21. The average Bonchev–Trinajstić information content (AvgIpc) is 3.02. The molecule has 0 saturated carbocycles. The number of aromatic amines is 1. The molecular formula is C15H23N7O2. The van der Waals surface area contributed by atoms with Crippen molar-refractivity contribution in [2.45, 2.75) is 32.7 Å². The number of piperidine rings is 1. The van der Waals surface area contributed by atoms with Gasteiger partial charge < -0.3 is 14.8 Å². The van der Waals surface area contributed by atoms with Gasteiger partial charge in [-0.05, 0) is 39.8 Å². The number of nitrogens with one attached hydrogen (secondary N) is 3. The van der Waals surface area contributed by atoms with Gasteiger partial charge in [-0.3, -0.25) is 15.2 Å². The first-order valence-electron chi connectivity index (χ1n) is 8.34. The molecule has 1 aliphatic rings. The lowest BCUT2D eigenvalue weighted by molar-refractivity contribution is 0.371. The summed E-state index contributed by atoms with van der Waals surface area (Å²) in [6.45, 7) is 6.82. The van der Waals surface area contributed by atoms with Gasteiger partial charge in [0.1, 0.15) is 0 Å². The molecule has 0 unspecified atom stereocenters. The highest BCUT2D eigenvalue weighted by Gasteiger charge is 2.23. The first kappa shape index (κ1) is 16.4. The predicted molar refractivity (Wildman–Crippen MR) is 91.8 cm³/mol. The average molecular weight is 333 g/mol. The van der Waals surface area contributed by atoms with Crippen LogP contribution in [0.5, 0.6) is 0 Å². The second kappa shape index (κ2) is 6.60. The van der Waals surface area contributed by atoms with E-state index >= 15 is 0 Å². The molecule has 0 atom stereocenters. The minimum atomic E-state index is -0.597. The molecule has 1 fully saturated rings. The van der Waals surface area contributed by atoms with Crippen molar-refractivity contribution in [1.29, 1.82) is 5.41 Å². The summed E-state index contributed by atoms with van der Waals surface area (Å²) in [7, 11) is 0. The van der Waals surface area contributed by atoms with Crippen LogP contribution < -0.4 is 16.6 Å². The molecule has 0 spiro atoms. The Morgan fingerprint density at radius 2 is 2.00 bits per heavy atom. The molecule has 0 amide bonds. The molecule has 2 aromatic heterocycles. The quantitative estimate of drug-likeness (QED) is 0.538. The molecule has 9 heteroatoms. The van der Waals surface area contributed by atoms with Crippen molar-refractivity contribution in [3.8, 4) is 0 Å². The lowest BCUT2D eigenvalue weighted by Gasteiger charge is -2.27. The topological polar surface area (TPSA) is 112 Å². The highest BCUT2D eigenvalue weighted by molar-refractivity contribution is 5.87. The fourth-order valence-electron chi connectivity index (χ4n) is 3.26. The Morgan fingerprint density at radius 1 is 1.33 bits per heavy atom. The summed E-state index contributed by atoms with van der Waals surface area (Å²) in [5, 5.41) is 11.7. The van der Waals surface area contributed by atoms with Crippen molar-refractivity contribution in [2.75, 3.05) is 26.2 Å². The van der Waals surface area contributed by atoms with Crippen molar-refractivity contribution in [3.63, 3.8) is 0 Å². The van der Waals surface area contributed by atoms with E-state index in [4.69, 9.17) is 5.41 Å². The molecule has 0 bridgehead atoms. The fraction of sp³-hybridized carbons (Fsp3) is 0.600. The monoisotopic (exact) mass is 333 g/mol. The van der Waals surface area contributed by atoms with Crippen LogP contribution in [0.25, 0.3) is 11.2 Å². The van der Waals surface area contributed by atoms with Crippen molar-refractivity contribution in [3.05, 3.63) is 27.2 Å². The largest absolute Gasteiger partial charge is 0.343 e. The van der Waals surface area contributed by atoms with Crippen LogP contribution in [-0.2, 0) is 0 Å². The maximum Gasteiger partial charge on any atom is 0.337 e. The summed E-state index contributed by atoms with van der Waals surface area (Å²) in [5.74, 6) is 0.0573. The summed E-state index contributed by atoms with van der Waals surface area (Å²) >= 11 is 0. The number of nitrogens with zero attached hydrogens (tertiary/aromatic N) is 4. The van der Waals surface area contributed by atoms with Crippen LogP contribution in [0.3, 0.4) is 0 Å². The van der Waals surface area contributed by atoms with E-state index in [1.54, 1.807) is 11.2 Å². The molecule has 3 N–H and O–H groups in total. The molecule has 1 aliphatic heterocycles. The Hall–Kier alpha value is -2.42. The van der Waals surface area contributed by atoms with Crippen LogP contribution in [0.2, 0.25) is 0 Å². The molecule has 0 aliphatic carbocycles. The van der Waals surface area contributed by atoms with Gasteiger partial charge >= 0.3 is 5.69 Å². The van der Waals surface area contributed by atoms with Gasteiger partial charge in [0.05, 0.1) is 6.33 Å². The van der Waals surface area contributed by atoms with Crippen LogP contribution >= 0.6 is 0 Å². The molecule has 3 rings (SSSR count). The number of aromatic nitrogens is 4. The van der Waals surface area contributed by atoms with Crippen LogP contribution in [0.15, 0.2) is 15.9 Å². The molecule has 0 radical (unpaired) electrons. The Morgan fingerprint density at radius 3 is 2.62 bits per heavy atom. The van der Waals surface area contributed by atoms with Crippen LogP contribution in [-0.4, -0.2) is 56.1 Å². The highest BCUT2D eigenvalue weighted by atomic mass is 16.2. The summed E-state index contributed by atoms with van der Waals surface area (Å²) in [6, 6.07) is 0.160. The van der Waals surface area contributed by atoms with E-state index in [-0.39, 0.29) is 17.5 Å². The molecule has 2 aromatic rings. The summed E-state index contributed by atoms with van der Waals surface area (Å²) in [6.07, 6.45) is 3.40. The smallest absolute Gasteiger partial charge is 0.337 e. The number of fused-ring (bicyclic) bond motifs is 1. The van der Waals surface area contributed by atoms with E-state index in [1.165, 1.54) is 4.57 Å². The van der Waals surface area contributed by atoms with E-state index in [2.05, 4.69) is 15.3 Å². The molecule has 9 nitrogen and oxygen atoms in total. The molecule has 0 aromatic carbocycles. The van der Waals surface area contributed by atoms with Gasteiger partial charge in [-0.2, -0.15) is 0 Å². The van der Waals surface area contributed by atoms with Gasteiger partial charge in [-0.15, -0.1) is 0 Å².